The van der Waals surface area contributed by atoms with E-state index in [9.17, 15) is 0 Å². The molecule has 0 unspecified atom stereocenters. The molecule has 0 spiro atoms. The number of hydrogen-bond acceptors (Lipinski definition) is 2. The fraction of sp³-hybridized carbons (Fsp3) is 0.538. The molecule has 0 saturated heterocycles. The van der Waals surface area contributed by atoms with E-state index >= 15 is 0 Å². The van der Waals surface area contributed by atoms with Gasteiger partial charge in [0, 0.05) is 18.3 Å². The summed E-state index contributed by atoms with van der Waals surface area (Å²) in [4.78, 5) is 0. The van der Waals surface area contributed by atoms with E-state index in [0.717, 1.165) is 19.4 Å². The molecule has 1 fully saturated rings. The first-order valence-electron chi connectivity index (χ1n) is 5.72. The highest BCUT2D eigenvalue weighted by atomic mass is 16.5. The first-order valence-corrected chi connectivity index (χ1v) is 5.72. The number of ether oxygens (including phenoxy) is 1. The van der Waals surface area contributed by atoms with Gasteiger partial charge in [0.05, 0.1) is 6.10 Å². The standard InChI is InChI=1S/C13H19NO/c1-3-15-13-8-12(9-13)14-11-6-4-10(2)5-7-11/h4-7,12-14H,3,8-9H2,1-2H3. The summed E-state index contributed by atoms with van der Waals surface area (Å²) in [6.45, 7) is 5.00. The summed E-state index contributed by atoms with van der Waals surface area (Å²) in [5.41, 5.74) is 2.53. The highest BCUT2D eigenvalue weighted by Crippen LogP contribution is 2.26. The summed E-state index contributed by atoms with van der Waals surface area (Å²) in [5.74, 6) is 0. The molecular weight excluding hydrogens is 186 g/mol. The van der Waals surface area contributed by atoms with Crippen LogP contribution in [0.4, 0.5) is 5.69 Å². The van der Waals surface area contributed by atoms with Crippen molar-refractivity contribution in [3.63, 3.8) is 0 Å². The van der Waals surface area contributed by atoms with Crippen LogP contribution in [0.5, 0.6) is 0 Å². The summed E-state index contributed by atoms with van der Waals surface area (Å²) in [5, 5.41) is 3.51. The smallest absolute Gasteiger partial charge is 0.0614 e. The summed E-state index contributed by atoms with van der Waals surface area (Å²) in [6, 6.07) is 9.17. The SMILES string of the molecule is CCOC1CC(Nc2ccc(C)cc2)C1. The van der Waals surface area contributed by atoms with Crippen molar-refractivity contribution < 1.29 is 4.74 Å². The van der Waals surface area contributed by atoms with E-state index in [1.54, 1.807) is 0 Å². The van der Waals surface area contributed by atoms with Crippen LogP contribution in [-0.2, 0) is 4.74 Å². The zero-order valence-electron chi connectivity index (χ0n) is 9.49. The maximum Gasteiger partial charge on any atom is 0.0614 e. The molecule has 0 aliphatic heterocycles. The van der Waals surface area contributed by atoms with Crippen LogP contribution in [0.3, 0.4) is 0 Å². The van der Waals surface area contributed by atoms with Crippen LogP contribution >= 0.6 is 0 Å². The first-order chi connectivity index (χ1) is 7.28. The van der Waals surface area contributed by atoms with E-state index in [4.69, 9.17) is 4.74 Å². The number of benzene rings is 1. The summed E-state index contributed by atoms with van der Waals surface area (Å²) < 4.78 is 5.52. The van der Waals surface area contributed by atoms with Crippen molar-refractivity contribution in [2.24, 2.45) is 0 Å². The maximum atomic E-state index is 5.52. The second kappa shape index (κ2) is 4.67. The summed E-state index contributed by atoms with van der Waals surface area (Å²) in [6.07, 6.45) is 2.77. The largest absolute Gasteiger partial charge is 0.382 e. The van der Waals surface area contributed by atoms with E-state index in [-0.39, 0.29) is 0 Å². The van der Waals surface area contributed by atoms with Gasteiger partial charge in [0.1, 0.15) is 0 Å². The lowest BCUT2D eigenvalue weighted by molar-refractivity contribution is 0.00299. The third kappa shape index (κ3) is 2.72. The Bertz CT molecular complexity index is 301. The van der Waals surface area contributed by atoms with E-state index < -0.39 is 0 Å². The van der Waals surface area contributed by atoms with Gasteiger partial charge in [0.15, 0.2) is 0 Å². The average molecular weight is 205 g/mol. The van der Waals surface area contributed by atoms with Crippen LogP contribution in [0.2, 0.25) is 0 Å². The van der Waals surface area contributed by atoms with Crippen LogP contribution in [-0.4, -0.2) is 18.8 Å². The number of nitrogens with one attached hydrogen (secondary N) is 1. The van der Waals surface area contributed by atoms with Crippen molar-refractivity contribution in [2.45, 2.75) is 38.8 Å². The van der Waals surface area contributed by atoms with Gasteiger partial charge in [-0.25, -0.2) is 0 Å². The Kier molecular flexibility index (Phi) is 3.27. The second-order valence-corrected chi connectivity index (χ2v) is 4.26. The van der Waals surface area contributed by atoms with Gasteiger partial charge in [-0.3, -0.25) is 0 Å². The molecule has 1 saturated carbocycles. The fourth-order valence-electron chi connectivity index (χ4n) is 1.94. The van der Waals surface area contributed by atoms with Crippen LogP contribution in [0, 0.1) is 6.92 Å². The summed E-state index contributed by atoms with van der Waals surface area (Å²) >= 11 is 0. The second-order valence-electron chi connectivity index (χ2n) is 4.26. The molecule has 82 valence electrons. The normalized spacial score (nSPS) is 24.7. The zero-order valence-corrected chi connectivity index (χ0v) is 9.49. The van der Waals surface area contributed by atoms with Crippen molar-refractivity contribution in [1.82, 2.24) is 0 Å². The van der Waals surface area contributed by atoms with Crippen molar-refractivity contribution in [3.8, 4) is 0 Å². The number of rotatable bonds is 4. The molecule has 15 heavy (non-hydrogen) atoms. The minimum absolute atomic E-state index is 0.484. The third-order valence-corrected chi connectivity index (χ3v) is 2.92. The highest BCUT2D eigenvalue weighted by molar-refractivity contribution is 5.45. The van der Waals surface area contributed by atoms with Gasteiger partial charge < -0.3 is 10.1 Å². The molecular formula is C13H19NO. The molecule has 1 aliphatic rings. The number of anilines is 1. The maximum absolute atomic E-state index is 5.52. The van der Waals surface area contributed by atoms with E-state index in [0.29, 0.717) is 12.1 Å². The molecule has 2 nitrogen and oxygen atoms in total. The van der Waals surface area contributed by atoms with Gasteiger partial charge in [-0.1, -0.05) is 17.7 Å². The lowest BCUT2D eigenvalue weighted by Gasteiger charge is -2.36. The molecule has 0 radical (unpaired) electrons. The van der Waals surface area contributed by atoms with Crippen molar-refractivity contribution in [3.05, 3.63) is 29.8 Å². The summed E-state index contributed by atoms with van der Waals surface area (Å²) in [7, 11) is 0. The van der Waals surface area contributed by atoms with Gasteiger partial charge in [0.2, 0.25) is 0 Å². The minimum Gasteiger partial charge on any atom is -0.382 e. The molecule has 0 bridgehead atoms. The molecule has 0 atom stereocenters. The van der Waals surface area contributed by atoms with Gasteiger partial charge >= 0.3 is 0 Å². The van der Waals surface area contributed by atoms with Crippen LogP contribution in [0.25, 0.3) is 0 Å². The van der Waals surface area contributed by atoms with Crippen molar-refractivity contribution >= 4 is 5.69 Å². The lowest BCUT2D eigenvalue weighted by Crippen LogP contribution is -2.40. The van der Waals surface area contributed by atoms with E-state index in [1.807, 2.05) is 0 Å². The monoisotopic (exact) mass is 205 g/mol. The molecule has 2 rings (SSSR count). The average Bonchev–Trinajstić information content (AvgIpc) is 2.18. The molecule has 1 aliphatic carbocycles. The third-order valence-electron chi connectivity index (χ3n) is 2.92. The van der Waals surface area contributed by atoms with Gasteiger partial charge in [-0.05, 0) is 38.8 Å². The first kappa shape index (κ1) is 10.5. The van der Waals surface area contributed by atoms with E-state index in [1.165, 1.54) is 11.3 Å². The Labute approximate surface area is 91.6 Å². The van der Waals surface area contributed by atoms with E-state index in [2.05, 4.69) is 43.4 Å². The predicted octanol–water partition coefficient (Wildman–Crippen LogP) is 2.97. The number of hydrogen-bond donors (Lipinski definition) is 1. The topological polar surface area (TPSA) is 21.3 Å². The lowest BCUT2D eigenvalue weighted by atomic mass is 9.89. The molecule has 1 N–H and O–H groups in total. The Morgan fingerprint density at radius 2 is 1.93 bits per heavy atom. The minimum atomic E-state index is 0.484. The van der Waals surface area contributed by atoms with Gasteiger partial charge in [0.25, 0.3) is 0 Å². The zero-order chi connectivity index (χ0) is 10.7. The Morgan fingerprint density at radius 1 is 1.27 bits per heavy atom. The molecule has 0 aromatic heterocycles. The van der Waals surface area contributed by atoms with Crippen LogP contribution < -0.4 is 5.32 Å². The van der Waals surface area contributed by atoms with Crippen LogP contribution in [0.1, 0.15) is 25.3 Å². The van der Waals surface area contributed by atoms with Crippen molar-refractivity contribution in [2.75, 3.05) is 11.9 Å². The Morgan fingerprint density at radius 3 is 2.53 bits per heavy atom. The molecule has 2 heteroatoms. The Balaban J connectivity index is 1.77. The van der Waals surface area contributed by atoms with Crippen molar-refractivity contribution in [1.29, 1.82) is 0 Å². The predicted molar refractivity (Wildman–Crippen MR) is 63.2 cm³/mol. The van der Waals surface area contributed by atoms with Gasteiger partial charge in [-0.2, -0.15) is 0 Å². The quantitative estimate of drug-likeness (QED) is 0.816. The molecule has 0 amide bonds. The van der Waals surface area contributed by atoms with Gasteiger partial charge in [-0.15, -0.1) is 0 Å². The molecule has 1 aromatic rings. The number of aryl methyl sites for hydroxylation is 1. The Hall–Kier alpha value is -1.02. The highest BCUT2D eigenvalue weighted by Gasteiger charge is 2.29. The van der Waals surface area contributed by atoms with Crippen LogP contribution in [0.15, 0.2) is 24.3 Å². The fourth-order valence-corrected chi connectivity index (χ4v) is 1.94. The molecule has 0 heterocycles. The molecule has 1 aromatic carbocycles.